The number of hydrogen-bond donors (Lipinski definition) is 1. The fourth-order valence-electron chi connectivity index (χ4n) is 4.42. The highest BCUT2D eigenvalue weighted by atomic mass is 32.2. The summed E-state index contributed by atoms with van der Waals surface area (Å²) < 4.78 is 32.2. The summed E-state index contributed by atoms with van der Waals surface area (Å²) in [4.78, 5) is 17.2. The molecule has 3 aromatic rings. The molecule has 0 unspecified atom stereocenters. The van der Waals surface area contributed by atoms with Crippen molar-refractivity contribution in [3.8, 4) is 17.0 Å². The van der Waals surface area contributed by atoms with Crippen molar-refractivity contribution < 1.29 is 23.1 Å². The van der Waals surface area contributed by atoms with Crippen LogP contribution in [0, 0.1) is 0 Å². The highest BCUT2D eigenvalue weighted by Crippen LogP contribution is 2.41. The largest absolute Gasteiger partial charge is 0.495 e. The van der Waals surface area contributed by atoms with Gasteiger partial charge < -0.3 is 14.7 Å². The zero-order valence-corrected chi connectivity index (χ0v) is 19.2. The van der Waals surface area contributed by atoms with E-state index >= 15 is 0 Å². The Balaban J connectivity index is 1.71. The van der Waals surface area contributed by atoms with Crippen molar-refractivity contribution in [1.29, 1.82) is 0 Å². The fraction of sp³-hybridized carbons (Fsp3) is 0.280. The molecule has 172 valence electrons. The maximum absolute atomic E-state index is 14.0. The Kier molecular flexibility index (Phi) is 6.37. The number of piperidine rings is 1. The molecule has 0 saturated carbocycles. The van der Waals surface area contributed by atoms with E-state index < -0.39 is 20.7 Å². The van der Waals surface area contributed by atoms with Gasteiger partial charge in [-0.25, -0.2) is 13.2 Å². The van der Waals surface area contributed by atoms with E-state index in [-0.39, 0.29) is 37.2 Å². The number of benzene rings is 2. The van der Waals surface area contributed by atoms with Gasteiger partial charge in [-0.1, -0.05) is 42.5 Å². The predicted octanol–water partition coefficient (Wildman–Crippen LogP) is 4.29. The Hall–Kier alpha value is -3.39. The van der Waals surface area contributed by atoms with E-state index in [4.69, 9.17) is 4.74 Å². The number of rotatable bonds is 6. The van der Waals surface area contributed by atoms with Crippen LogP contribution in [0.4, 0.5) is 4.79 Å². The molecular formula is C25H26N2O5S. The predicted molar refractivity (Wildman–Crippen MR) is 125 cm³/mol. The van der Waals surface area contributed by atoms with Crippen molar-refractivity contribution in [3.05, 3.63) is 78.5 Å². The van der Waals surface area contributed by atoms with Gasteiger partial charge in [-0.2, -0.15) is 0 Å². The summed E-state index contributed by atoms with van der Waals surface area (Å²) in [6, 6.07) is 20.0. The zero-order valence-electron chi connectivity index (χ0n) is 18.3. The van der Waals surface area contributed by atoms with Gasteiger partial charge in [-0.15, -0.1) is 0 Å². The number of carboxylic acid groups (broad SMARTS) is 1. The lowest BCUT2D eigenvalue weighted by Crippen LogP contribution is -2.51. The molecule has 1 amide bonds. The molecule has 1 aromatic heterocycles. The van der Waals surface area contributed by atoms with Gasteiger partial charge in [0.1, 0.15) is 10.6 Å². The zero-order chi connectivity index (χ0) is 23.5. The van der Waals surface area contributed by atoms with E-state index in [1.54, 1.807) is 30.5 Å². The van der Waals surface area contributed by atoms with Crippen LogP contribution in [0.25, 0.3) is 11.3 Å². The molecular weight excluding hydrogens is 440 g/mol. The summed E-state index contributed by atoms with van der Waals surface area (Å²) >= 11 is 0. The monoisotopic (exact) mass is 466 g/mol. The van der Waals surface area contributed by atoms with Crippen molar-refractivity contribution in [3.63, 3.8) is 0 Å². The molecule has 7 nitrogen and oxygen atoms in total. The molecule has 1 aliphatic rings. The molecule has 2 aromatic carbocycles. The maximum atomic E-state index is 14.0. The Morgan fingerprint density at radius 2 is 1.70 bits per heavy atom. The topological polar surface area (TPSA) is 96.8 Å². The first kappa shape index (κ1) is 22.8. The van der Waals surface area contributed by atoms with Crippen LogP contribution in [-0.2, 0) is 16.3 Å². The number of sulfone groups is 1. The van der Waals surface area contributed by atoms with Gasteiger partial charge in [0.2, 0.25) is 0 Å². The normalized spacial score (nSPS) is 15.7. The number of methoxy groups -OCH3 is 1. The number of hydrogen-bond acceptors (Lipinski definition) is 5. The molecule has 1 aliphatic heterocycles. The van der Waals surface area contributed by atoms with Crippen LogP contribution in [0.5, 0.6) is 5.75 Å². The molecule has 0 aliphatic carbocycles. The number of amides is 1. The second-order valence-corrected chi connectivity index (χ2v) is 10.5. The van der Waals surface area contributed by atoms with Crippen molar-refractivity contribution >= 4 is 15.9 Å². The molecule has 33 heavy (non-hydrogen) atoms. The lowest BCUT2D eigenvalue weighted by molar-refractivity contribution is 0.127. The van der Waals surface area contributed by atoms with Crippen LogP contribution in [-0.4, -0.2) is 54.4 Å². The quantitative estimate of drug-likeness (QED) is 0.582. The third-order valence-corrected chi connectivity index (χ3v) is 8.92. The van der Waals surface area contributed by atoms with Crippen molar-refractivity contribution in [2.75, 3.05) is 20.2 Å². The molecule has 1 N–H and O–H groups in total. The smallest absolute Gasteiger partial charge is 0.407 e. The average molecular weight is 467 g/mol. The molecule has 0 radical (unpaired) electrons. The van der Waals surface area contributed by atoms with Gasteiger partial charge in [0.05, 0.1) is 17.6 Å². The number of para-hydroxylation sites is 1. The number of likely N-dealkylation sites (tertiary alicyclic amines) is 1. The fourth-order valence-corrected chi connectivity index (χ4v) is 6.64. The van der Waals surface area contributed by atoms with E-state index in [1.807, 2.05) is 42.5 Å². The number of nitrogens with zero attached hydrogens (tertiary/aromatic N) is 2. The lowest BCUT2D eigenvalue weighted by Gasteiger charge is -2.40. The van der Waals surface area contributed by atoms with Crippen LogP contribution in [0.2, 0.25) is 0 Å². The Morgan fingerprint density at radius 3 is 2.30 bits per heavy atom. The summed E-state index contributed by atoms with van der Waals surface area (Å²) in [5, 5.41) is 9.39. The Bertz CT molecular complexity index is 1220. The van der Waals surface area contributed by atoms with Crippen molar-refractivity contribution in [2.24, 2.45) is 0 Å². The highest BCUT2D eigenvalue weighted by Gasteiger charge is 2.48. The van der Waals surface area contributed by atoms with Crippen LogP contribution < -0.4 is 4.74 Å². The van der Waals surface area contributed by atoms with E-state index in [2.05, 4.69) is 4.98 Å². The average Bonchev–Trinajstić information content (AvgIpc) is 2.85. The SMILES string of the molecule is COc1ccccc1S(=O)(=O)C1(Cc2ccc(-c3ccccn3)cc2)CCN(C(=O)O)CC1. The van der Waals surface area contributed by atoms with E-state index in [1.165, 1.54) is 12.0 Å². The van der Waals surface area contributed by atoms with Crippen LogP contribution in [0.1, 0.15) is 18.4 Å². The van der Waals surface area contributed by atoms with E-state index in [9.17, 15) is 18.3 Å². The lowest BCUT2D eigenvalue weighted by atomic mass is 9.88. The molecule has 0 atom stereocenters. The third kappa shape index (κ3) is 4.43. The standard InChI is InChI=1S/C25H26N2O5S/c1-32-22-7-2-3-8-23(22)33(30,31)25(13-16-27(17-14-25)24(28)29)18-19-9-11-20(12-10-19)21-6-4-5-15-26-21/h2-12,15H,13-14,16-18H2,1H3,(H,28,29). The summed E-state index contributed by atoms with van der Waals surface area (Å²) in [5.74, 6) is 0.294. The number of carbonyl (C=O) groups is 1. The van der Waals surface area contributed by atoms with E-state index in [0.717, 1.165) is 16.8 Å². The first-order chi connectivity index (χ1) is 15.9. The highest BCUT2D eigenvalue weighted by molar-refractivity contribution is 7.93. The van der Waals surface area contributed by atoms with Gasteiger partial charge >= 0.3 is 6.09 Å². The molecule has 0 spiro atoms. The van der Waals surface area contributed by atoms with Crippen molar-refractivity contribution in [2.45, 2.75) is 28.9 Å². The molecule has 1 fully saturated rings. The number of pyridine rings is 1. The van der Waals surface area contributed by atoms with Gasteiger partial charge in [-0.3, -0.25) is 4.98 Å². The van der Waals surface area contributed by atoms with Crippen molar-refractivity contribution in [1.82, 2.24) is 9.88 Å². The summed E-state index contributed by atoms with van der Waals surface area (Å²) in [6.45, 7) is 0.325. The molecule has 4 rings (SSSR count). The van der Waals surface area contributed by atoms with Crippen LogP contribution in [0.3, 0.4) is 0 Å². The minimum Gasteiger partial charge on any atom is -0.495 e. The Morgan fingerprint density at radius 1 is 1.03 bits per heavy atom. The molecule has 1 saturated heterocycles. The van der Waals surface area contributed by atoms with Crippen LogP contribution >= 0.6 is 0 Å². The molecule has 0 bridgehead atoms. The number of ether oxygens (including phenoxy) is 1. The number of aromatic nitrogens is 1. The van der Waals surface area contributed by atoms with E-state index in [0.29, 0.717) is 5.75 Å². The van der Waals surface area contributed by atoms with Gasteiger partial charge in [-0.05, 0) is 49.1 Å². The second-order valence-electron chi connectivity index (χ2n) is 8.20. The maximum Gasteiger partial charge on any atom is 0.407 e. The van der Waals surface area contributed by atoms with Gasteiger partial charge in [0, 0.05) is 24.8 Å². The summed E-state index contributed by atoms with van der Waals surface area (Å²) in [7, 11) is -2.38. The van der Waals surface area contributed by atoms with Gasteiger partial charge in [0.15, 0.2) is 9.84 Å². The molecule has 8 heteroatoms. The second kappa shape index (κ2) is 9.23. The van der Waals surface area contributed by atoms with Crippen LogP contribution in [0.15, 0.2) is 77.8 Å². The van der Waals surface area contributed by atoms with Gasteiger partial charge in [0.25, 0.3) is 0 Å². The Labute approximate surface area is 193 Å². The summed E-state index contributed by atoms with van der Waals surface area (Å²) in [5.41, 5.74) is 2.66. The third-order valence-electron chi connectivity index (χ3n) is 6.31. The summed E-state index contributed by atoms with van der Waals surface area (Å²) in [6.07, 6.45) is 1.40. The molecule has 2 heterocycles. The minimum atomic E-state index is -3.83. The minimum absolute atomic E-state index is 0.140. The first-order valence-corrected chi connectivity index (χ1v) is 12.2. The first-order valence-electron chi connectivity index (χ1n) is 10.7.